The minimum Gasteiger partial charge on any atom is -0.319 e. The van der Waals surface area contributed by atoms with Crippen molar-refractivity contribution in [1.29, 1.82) is 0 Å². The lowest BCUT2D eigenvalue weighted by atomic mass is 10.4. The van der Waals surface area contributed by atoms with Gasteiger partial charge in [0.15, 0.2) is 5.13 Å². The zero-order valence-electron chi connectivity index (χ0n) is 10.7. The molecule has 3 aromatic rings. The van der Waals surface area contributed by atoms with Gasteiger partial charge in [0, 0.05) is 24.0 Å². The summed E-state index contributed by atoms with van der Waals surface area (Å²) in [6.45, 7) is 0. The van der Waals surface area contributed by atoms with Crippen molar-refractivity contribution in [2.24, 2.45) is 0 Å². The lowest BCUT2D eigenvalue weighted by molar-refractivity contribution is 0.102. The third kappa shape index (κ3) is 3.37. The van der Waals surface area contributed by atoms with E-state index in [2.05, 4.69) is 30.6 Å². The van der Waals surface area contributed by atoms with Crippen LogP contribution in [0.3, 0.4) is 0 Å². The highest BCUT2D eigenvalue weighted by atomic mass is 32.1. The van der Waals surface area contributed by atoms with Gasteiger partial charge in [-0.25, -0.2) is 15.0 Å². The largest absolute Gasteiger partial charge is 0.319 e. The van der Waals surface area contributed by atoms with Gasteiger partial charge in [0.1, 0.15) is 5.69 Å². The highest BCUT2D eigenvalue weighted by Gasteiger charge is 2.11. The molecule has 3 rings (SSSR count). The molecule has 7 nitrogen and oxygen atoms in total. The summed E-state index contributed by atoms with van der Waals surface area (Å²) >= 11 is 1.30. The molecule has 1 amide bonds. The molecule has 21 heavy (non-hydrogen) atoms. The van der Waals surface area contributed by atoms with E-state index in [4.69, 9.17) is 0 Å². The average molecular weight is 298 g/mol. The Kier molecular flexibility index (Phi) is 3.79. The maximum atomic E-state index is 12.0. The maximum absolute atomic E-state index is 12.0. The fourth-order valence-electron chi connectivity index (χ4n) is 1.53. The lowest BCUT2D eigenvalue weighted by Crippen LogP contribution is -2.12. The van der Waals surface area contributed by atoms with Gasteiger partial charge in [-0.05, 0) is 18.2 Å². The first-order valence-electron chi connectivity index (χ1n) is 6.02. The number of nitrogens with zero attached hydrogens (tertiary/aromatic N) is 4. The van der Waals surface area contributed by atoms with Crippen molar-refractivity contribution >= 4 is 34.0 Å². The van der Waals surface area contributed by atoms with E-state index in [0.717, 1.165) is 0 Å². The second-order valence-corrected chi connectivity index (χ2v) is 4.79. The minimum atomic E-state index is -0.290. The van der Waals surface area contributed by atoms with Crippen LogP contribution in [0.5, 0.6) is 0 Å². The third-order valence-corrected chi connectivity index (χ3v) is 3.20. The average Bonchev–Trinajstić information content (AvgIpc) is 2.98. The third-order valence-electron chi connectivity index (χ3n) is 2.44. The SMILES string of the molecule is O=C(Nc1cccnc1)c1csc(Nc2ncccn2)n1. The Morgan fingerprint density at radius 2 is 2.00 bits per heavy atom. The number of aromatic nitrogens is 4. The fraction of sp³-hybridized carbons (Fsp3) is 0. The van der Waals surface area contributed by atoms with E-state index in [9.17, 15) is 4.79 Å². The first-order chi connectivity index (χ1) is 10.3. The van der Waals surface area contributed by atoms with Crippen molar-refractivity contribution in [3.63, 3.8) is 0 Å². The molecule has 0 bridgehead atoms. The Morgan fingerprint density at radius 1 is 1.14 bits per heavy atom. The van der Waals surface area contributed by atoms with Gasteiger partial charge in [-0.15, -0.1) is 11.3 Å². The number of rotatable bonds is 4. The monoisotopic (exact) mass is 298 g/mol. The molecule has 0 saturated carbocycles. The van der Waals surface area contributed by atoms with E-state index >= 15 is 0 Å². The summed E-state index contributed by atoms with van der Waals surface area (Å²) < 4.78 is 0. The van der Waals surface area contributed by atoms with Crippen molar-refractivity contribution in [2.45, 2.75) is 0 Å². The molecule has 0 saturated heterocycles. The van der Waals surface area contributed by atoms with Gasteiger partial charge in [0.25, 0.3) is 5.91 Å². The Labute approximate surface area is 124 Å². The fourth-order valence-corrected chi connectivity index (χ4v) is 2.21. The van der Waals surface area contributed by atoms with E-state index in [1.807, 2.05) is 0 Å². The molecule has 2 N–H and O–H groups in total. The molecule has 0 fully saturated rings. The van der Waals surface area contributed by atoms with Crippen LogP contribution in [0.15, 0.2) is 48.4 Å². The van der Waals surface area contributed by atoms with Crippen molar-refractivity contribution in [2.75, 3.05) is 10.6 Å². The van der Waals surface area contributed by atoms with Crippen molar-refractivity contribution in [3.05, 3.63) is 54.1 Å². The number of hydrogen-bond donors (Lipinski definition) is 2. The highest BCUT2D eigenvalue weighted by Crippen LogP contribution is 2.19. The van der Waals surface area contributed by atoms with Crippen LogP contribution in [-0.4, -0.2) is 25.8 Å². The van der Waals surface area contributed by atoms with Crippen molar-refractivity contribution in [3.8, 4) is 0 Å². The molecule has 0 unspecified atom stereocenters. The molecular formula is C13H10N6OS. The number of hydrogen-bond acceptors (Lipinski definition) is 7. The molecule has 3 heterocycles. The normalized spacial score (nSPS) is 10.1. The van der Waals surface area contributed by atoms with E-state index in [1.165, 1.54) is 11.3 Å². The number of nitrogens with one attached hydrogen (secondary N) is 2. The predicted molar refractivity (Wildman–Crippen MR) is 79.6 cm³/mol. The van der Waals surface area contributed by atoms with Gasteiger partial charge in [-0.3, -0.25) is 9.78 Å². The van der Waals surface area contributed by atoms with E-state index < -0.39 is 0 Å². The van der Waals surface area contributed by atoms with Crippen LogP contribution in [0, 0.1) is 0 Å². The number of carbonyl (C=O) groups is 1. The summed E-state index contributed by atoms with van der Waals surface area (Å²) in [6.07, 6.45) is 6.46. The van der Waals surface area contributed by atoms with Crippen LogP contribution < -0.4 is 10.6 Å². The van der Waals surface area contributed by atoms with Crippen LogP contribution in [0.25, 0.3) is 0 Å². The minimum absolute atomic E-state index is 0.290. The summed E-state index contributed by atoms with van der Waals surface area (Å²) in [4.78, 5) is 28.2. The molecule has 0 aliphatic carbocycles. The zero-order valence-corrected chi connectivity index (χ0v) is 11.5. The molecule has 0 aliphatic rings. The van der Waals surface area contributed by atoms with Crippen LogP contribution >= 0.6 is 11.3 Å². The second kappa shape index (κ2) is 6.06. The maximum Gasteiger partial charge on any atom is 0.275 e. The smallest absolute Gasteiger partial charge is 0.275 e. The zero-order chi connectivity index (χ0) is 14.5. The molecule has 104 valence electrons. The van der Waals surface area contributed by atoms with Crippen LogP contribution in [-0.2, 0) is 0 Å². The number of amides is 1. The summed E-state index contributed by atoms with van der Waals surface area (Å²) in [5.41, 5.74) is 0.943. The lowest BCUT2D eigenvalue weighted by Gasteiger charge is -2.01. The van der Waals surface area contributed by atoms with Gasteiger partial charge >= 0.3 is 0 Å². The number of thiazole rings is 1. The summed E-state index contributed by atoms with van der Waals surface area (Å²) in [5, 5.41) is 7.87. The molecule has 0 aromatic carbocycles. The quantitative estimate of drug-likeness (QED) is 0.768. The van der Waals surface area contributed by atoms with E-state index in [-0.39, 0.29) is 5.91 Å². The van der Waals surface area contributed by atoms with Crippen molar-refractivity contribution < 1.29 is 4.79 Å². The van der Waals surface area contributed by atoms with E-state index in [1.54, 1.807) is 48.4 Å². The molecular weight excluding hydrogens is 288 g/mol. The molecule has 8 heteroatoms. The molecule has 0 spiro atoms. The Bertz CT molecular complexity index is 731. The summed E-state index contributed by atoms with van der Waals surface area (Å²) in [7, 11) is 0. The molecule has 0 radical (unpaired) electrons. The first-order valence-corrected chi connectivity index (χ1v) is 6.90. The number of carbonyl (C=O) groups excluding carboxylic acids is 1. The highest BCUT2D eigenvalue weighted by molar-refractivity contribution is 7.14. The van der Waals surface area contributed by atoms with E-state index in [0.29, 0.717) is 22.5 Å². The number of pyridine rings is 1. The van der Waals surface area contributed by atoms with Gasteiger partial charge in [0.2, 0.25) is 5.95 Å². The predicted octanol–water partition coefficient (Wildman–Crippen LogP) is 2.32. The second-order valence-electron chi connectivity index (χ2n) is 3.93. The van der Waals surface area contributed by atoms with Crippen LogP contribution in [0.1, 0.15) is 10.5 Å². The number of anilines is 3. The van der Waals surface area contributed by atoms with Gasteiger partial charge in [-0.2, -0.15) is 0 Å². The Hall–Kier alpha value is -2.87. The topological polar surface area (TPSA) is 92.7 Å². The van der Waals surface area contributed by atoms with Gasteiger partial charge in [-0.1, -0.05) is 0 Å². The Morgan fingerprint density at radius 3 is 2.76 bits per heavy atom. The molecule has 0 aliphatic heterocycles. The first kappa shape index (κ1) is 13.1. The van der Waals surface area contributed by atoms with Gasteiger partial charge in [0.05, 0.1) is 11.9 Å². The van der Waals surface area contributed by atoms with Gasteiger partial charge < -0.3 is 10.6 Å². The van der Waals surface area contributed by atoms with Crippen LogP contribution in [0.4, 0.5) is 16.8 Å². The van der Waals surface area contributed by atoms with Crippen LogP contribution in [0.2, 0.25) is 0 Å². The Balaban J connectivity index is 1.68. The summed E-state index contributed by atoms with van der Waals surface area (Å²) in [5.74, 6) is 0.146. The van der Waals surface area contributed by atoms with Crippen molar-refractivity contribution in [1.82, 2.24) is 19.9 Å². The molecule has 3 aromatic heterocycles. The molecule has 0 atom stereocenters. The summed E-state index contributed by atoms with van der Waals surface area (Å²) in [6, 6.07) is 5.23. The standard InChI is InChI=1S/C13H10N6OS/c20-11(17-9-3-1-4-14-7-9)10-8-21-13(18-10)19-12-15-5-2-6-16-12/h1-8H,(H,17,20)(H,15,16,18,19).